The number of rotatable bonds is 6. The lowest BCUT2D eigenvalue weighted by molar-refractivity contribution is 0.178. The van der Waals surface area contributed by atoms with E-state index in [9.17, 15) is 0 Å². The molecule has 0 aliphatic rings. The Bertz CT molecular complexity index is 354. The van der Waals surface area contributed by atoms with Crippen molar-refractivity contribution in [2.24, 2.45) is 5.92 Å². The minimum atomic E-state index is 0.429. The Labute approximate surface area is 103 Å². The third-order valence-electron chi connectivity index (χ3n) is 2.32. The molecule has 1 aromatic rings. The zero-order valence-corrected chi connectivity index (χ0v) is 11.3. The molecule has 0 atom stereocenters. The maximum absolute atomic E-state index is 5.07. The van der Waals surface area contributed by atoms with Crippen LogP contribution in [0.5, 0.6) is 0 Å². The lowest BCUT2D eigenvalue weighted by Crippen LogP contribution is -2.24. The summed E-state index contributed by atoms with van der Waals surface area (Å²) in [4.78, 5) is 10.9. The highest BCUT2D eigenvalue weighted by Crippen LogP contribution is 2.16. The smallest absolute Gasteiger partial charge is 0.158 e. The first-order valence-corrected chi connectivity index (χ1v) is 5.82. The molecule has 0 aromatic carbocycles. The molecule has 0 saturated carbocycles. The van der Waals surface area contributed by atoms with Crippen LogP contribution in [0, 0.1) is 5.92 Å². The third-order valence-corrected chi connectivity index (χ3v) is 2.32. The standard InChI is InChI=1S/C12H22N4O/c1-9(2)7-16(4)12-6-10(13-3)14-11(15-12)8-17-5/h6,9H,7-8H2,1-5H3,(H,13,14,15). The first-order valence-electron chi connectivity index (χ1n) is 5.82. The van der Waals surface area contributed by atoms with Crippen LogP contribution in [0.4, 0.5) is 11.6 Å². The molecule has 1 N–H and O–H groups in total. The number of nitrogens with zero attached hydrogens (tertiary/aromatic N) is 3. The fraction of sp³-hybridized carbons (Fsp3) is 0.667. The Balaban J connectivity index is 2.93. The molecule has 1 heterocycles. The van der Waals surface area contributed by atoms with Gasteiger partial charge in [-0.2, -0.15) is 0 Å². The number of hydrogen-bond donors (Lipinski definition) is 1. The van der Waals surface area contributed by atoms with E-state index < -0.39 is 0 Å². The van der Waals surface area contributed by atoms with Crippen LogP contribution in [0.25, 0.3) is 0 Å². The molecular weight excluding hydrogens is 216 g/mol. The van der Waals surface area contributed by atoms with Crippen molar-refractivity contribution in [3.05, 3.63) is 11.9 Å². The number of anilines is 2. The van der Waals surface area contributed by atoms with Gasteiger partial charge in [-0.15, -0.1) is 0 Å². The SMILES string of the molecule is CNc1cc(N(C)CC(C)C)nc(COC)n1. The Morgan fingerprint density at radius 3 is 2.65 bits per heavy atom. The Kier molecular flexibility index (Phi) is 5.15. The predicted octanol–water partition coefficient (Wildman–Crippen LogP) is 1.76. The minimum absolute atomic E-state index is 0.429. The van der Waals surface area contributed by atoms with Crippen molar-refractivity contribution in [2.75, 3.05) is 38.0 Å². The summed E-state index contributed by atoms with van der Waals surface area (Å²) in [6, 6.07) is 1.95. The molecule has 0 bridgehead atoms. The van der Waals surface area contributed by atoms with Gasteiger partial charge in [0.1, 0.15) is 18.2 Å². The molecule has 0 aliphatic carbocycles. The molecule has 0 unspecified atom stereocenters. The van der Waals surface area contributed by atoms with Crippen molar-refractivity contribution in [1.29, 1.82) is 0 Å². The molecule has 1 aromatic heterocycles. The monoisotopic (exact) mass is 238 g/mol. The van der Waals surface area contributed by atoms with E-state index >= 15 is 0 Å². The maximum atomic E-state index is 5.07. The second-order valence-corrected chi connectivity index (χ2v) is 4.48. The van der Waals surface area contributed by atoms with Crippen LogP contribution in [0.1, 0.15) is 19.7 Å². The molecule has 0 aliphatic heterocycles. The van der Waals surface area contributed by atoms with Gasteiger partial charge in [0.15, 0.2) is 5.82 Å². The summed E-state index contributed by atoms with van der Waals surface area (Å²) in [5.74, 6) is 3.03. The highest BCUT2D eigenvalue weighted by molar-refractivity contribution is 5.48. The highest BCUT2D eigenvalue weighted by atomic mass is 16.5. The lowest BCUT2D eigenvalue weighted by atomic mass is 10.2. The fourth-order valence-corrected chi connectivity index (χ4v) is 1.64. The largest absolute Gasteiger partial charge is 0.377 e. The predicted molar refractivity (Wildman–Crippen MR) is 70.4 cm³/mol. The quantitative estimate of drug-likeness (QED) is 0.818. The van der Waals surface area contributed by atoms with Gasteiger partial charge < -0.3 is 15.0 Å². The molecular formula is C12H22N4O. The van der Waals surface area contributed by atoms with Gasteiger partial charge in [-0.3, -0.25) is 0 Å². The van der Waals surface area contributed by atoms with E-state index in [1.54, 1.807) is 7.11 Å². The van der Waals surface area contributed by atoms with Crippen LogP contribution in [0.2, 0.25) is 0 Å². The van der Waals surface area contributed by atoms with E-state index in [0.717, 1.165) is 18.2 Å². The first-order chi connectivity index (χ1) is 8.06. The molecule has 0 amide bonds. The molecule has 5 nitrogen and oxygen atoms in total. The summed E-state index contributed by atoms with van der Waals surface area (Å²) >= 11 is 0. The van der Waals surface area contributed by atoms with Crippen LogP contribution in [-0.4, -0.2) is 37.7 Å². The Morgan fingerprint density at radius 2 is 2.12 bits per heavy atom. The van der Waals surface area contributed by atoms with E-state index in [0.29, 0.717) is 18.3 Å². The molecule has 5 heteroatoms. The van der Waals surface area contributed by atoms with Crippen LogP contribution < -0.4 is 10.2 Å². The number of aromatic nitrogens is 2. The Hall–Kier alpha value is -1.36. The molecule has 1 rings (SSSR count). The Morgan fingerprint density at radius 1 is 1.41 bits per heavy atom. The van der Waals surface area contributed by atoms with E-state index in [-0.39, 0.29) is 0 Å². The second kappa shape index (κ2) is 6.39. The topological polar surface area (TPSA) is 50.3 Å². The van der Waals surface area contributed by atoms with Crippen molar-refractivity contribution in [1.82, 2.24) is 9.97 Å². The maximum Gasteiger partial charge on any atom is 0.158 e. The molecule has 17 heavy (non-hydrogen) atoms. The molecule has 0 spiro atoms. The van der Waals surface area contributed by atoms with Crippen LogP contribution in [0.15, 0.2) is 6.07 Å². The zero-order chi connectivity index (χ0) is 12.8. The van der Waals surface area contributed by atoms with E-state index in [2.05, 4.69) is 34.0 Å². The molecule has 0 saturated heterocycles. The highest BCUT2D eigenvalue weighted by Gasteiger charge is 2.09. The van der Waals surface area contributed by atoms with Gasteiger partial charge in [-0.05, 0) is 5.92 Å². The summed E-state index contributed by atoms with van der Waals surface area (Å²) in [6.45, 7) is 5.77. The summed E-state index contributed by atoms with van der Waals surface area (Å²) in [7, 11) is 5.54. The van der Waals surface area contributed by atoms with Gasteiger partial charge in [0.05, 0.1) is 0 Å². The van der Waals surface area contributed by atoms with Crippen molar-refractivity contribution in [3.8, 4) is 0 Å². The number of ether oxygens (including phenoxy) is 1. The van der Waals surface area contributed by atoms with Crippen molar-refractivity contribution in [3.63, 3.8) is 0 Å². The van der Waals surface area contributed by atoms with E-state index in [4.69, 9.17) is 4.74 Å². The van der Waals surface area contributed by atoms with Gasteiger partial charge >= 0.3 is 0 Å². The van der Waals surface area contributed by atoms with Crippen molar-refractivity contribution < 1.29 is 4.74 Å². The minimum Gasteiger partial charge on any atom is -0.377 e. The van der Waals surface area contributed by atoms with E-state index in [1.807, 2.05) is 20.2 Å². The summed E-state index contributed by atoms with van der Waals surface area (Å²) in [5, 5.41) is 3.04. The second-order valence-electron chi connectivity index (χ2n) is 4.48. The average Bonchev–Trinajstić information content (AvgIpc) is 2.28. The number of methoxy groups -OCH3 is 1. The van der Waals surface area contributed by atoms with Gasteiger partial charge in [0, 0.05) is 33.8 Å². The van der Waals surface area contributed by atoms with Gasteiger partial charge in [-0.1, -0.05) is 13.8 Å². The average molecular weight is 238 g/mol. The third kappa shape index (κ3) is 4.19. The summed E-state index contributed by atoms with van der Waals surface area (Å²) in [6.07, 6.45) is 0. The van der Waals surface area contributed by atoms with Crippen LogP contribution in [0.3, 0.4) is 0 Å². The normalized spacial score (nSPS) is 10.7. The fourth-order valence-electron chi connectivity index (χ4n) is 1.64. The number of nitrogens with one attached hydrogen (secondary N) is 1. The first kappa shape index (κ1) is 13.7. The van der Waals surface area contributed by atoms with Crippen LogP contribution >= 0.6 is 0 Å². The van der Waals surface area contributed by atoms with Crippen molar-refractivity contribution >= 4 is 11.6 Å². The van der Waals surface area contributed by atoms with E-state index in [1.165, 1.54) is 0 Å². The summed E-state index contributed by atoms with van der Waals surface area (Å²) < 4.78 is 5.07. The van der Waals surface area contributed by atoms with Gasteiger partial charge in [0.2, 0.25) is 0 Å². The molecule has 0 fully saturated rings. The molecule has 96 valence electrons. The zero-order valence-electron chi connectivity index (χ0n) is 11.3. The molecule has 0 radical (unpaired) electrons. The summed E-state index contributed by atoms with van der Waals surface area (Å²) in [5.41, 5.74) is 0. The van der Waals surface area contributed by atoms with Crippen LogP contribution in [-0.2, 0) is 11.3 Å². The van der Waals surface area contributed by atoms with Gasteiger partial charge in [-0.25, -0.2) is 9.97 Å². The lowest BCUT2D eigenvalue weighted by Gasteiger charge is -2.21. The van der Waals surface area contributed by atoms with Gasteiger partial charge in [0.25, 0.3) is 0 Å². The number of hydrogen-bond acceptors (Lipinski definition) is 5. The van der Waals surface area contributed by atoms with Crippen molar-refractivity contribution in [2.45, 2.75) is 20.5 Å².